The highest BCUT2D eigenvalue weighted by Crippen LogP contribution is 2.19. The normalized spacial score (nSPS) is 11.8. The van der Waals surface area contributed by atoms with Crippen LogP contribution in [0.4, 0.5) is 13.2 Å². The van der Waals surface area contributed by atoms with Crippen LogP contribution >= 0.6 is 11.6 Å². The molecule has 98 valence electrons. The minimum absolute atomic E-state index is 0.0429. The molecule has 0 radical (unpaired) electrons. The van der Waals surface area contributed by atoms with E-state index in [1.165, 1.54) is 18.2 Å². The first-order chi connectivity index (χ1) is 8.35. The van der Waals surface area contributed by atoms with Gasteiger partial charge in [0, 0.05) is 11.1 Å². The van der Waals surface area contributed by atoms with E-state index in [4.69, 9.17) is 16.8 Å². The minimum atomic E-state index is -4.50. The first-order valence-electron chi connectivity index (χ1n) is 4.66. The van der Waals surface area contributed by atoms with Crippen molar-refractivity contribution in [2.45, 2.75) is 6.18 Å². The van der Waals surface area contributed by atoms with Crippen LogP contribution in [0.5, 0.6) is 0 Å². The van der Waals surface area contributed by atoms with Crippen LogP contribution < -0.4 is 5.32 Å². The van der Waals surface area contributed by atoms with Gasteiger partial charge in [0.25, 0.3) is 5.91 Å². The summed E-state index contributed by atoms with van der Waals surface area (Å²) in [6, 6.07) is 4.09. The molecule has 0 saturated carbocycles. The Labute approximate surface area is 105 Å². The van der Waals surface area contributed by atoms with Crippen molar-refractivity contribution in [3.63, 3.8) is 0 Å². The fourth-order valence-corrected chi connectivity index (χ4v) is 1.42. The highest BCUT2D eigenvalue weighted by atomic mass is 35.5. The van der Waals surface area contributed by atoms with E-state index >= 15 is 0 Å². The number of nitrogens with zero attached hydrogens (tertiary/aromatic N) is 1. The topological polar surface area (TPSA) is 61.7 Å². The van der Waals surface area contributed by atoms with Crippen molar-refractivity contribution in [2.24, 2.45) is 5.16 Å². The number of alkyl halides is 3. The minimum Gasteiger partial charge on any atom is -0.411 e. The van der Waals surface area contributed by atoms with E-state index in [-0.39, 0.29) is 16.1 Å². The zero-order chi connectivity index (χ0) is 13.8. The zero-order valence-electron chi connectivity index (χ0n) is 8.83. The molecule has 0 fully saturated rings. The maximum Gasteiger partial charge on any atom is 0.405 e. The first-order valence-corrected chi connectivity index (χ1v) is 5.04. The van der Waals surface area contributed by atoms with Crippen molar-refractivity contribution >= 4 is 23.7 Å². The summed E-state index contributed by atoms with van der Waals surface area (Å²) in [7, 11) is 0. The van der Waals surface area contributed by atoms with Crippen LogP contribution in [0.2, 0.25) is 5.02 Å². The van der Waals surface area contributed by atoms with Gasteiger partial charge in [-0.05, 0) is 12.1 Å². The van der Waals surface area contributed by atoms with Crippen LogP contribution in [0.1, 0.15) is 15.9 Å². The van der Waals surface area contributed by atoms with Gasteiger partial charge in [-0.3, -0.25) is 4.79 Å². The van der Waals surface area contributed by atoms with Crippen LogP contribution in [-0.4, -0.2) is 30.1 Å². The third kappa shape index (κ3) is 3.92. The number of hydrogen-bond acceptors (Lipinski definition) is 3. The molecular weight excluding hydrogens is 273 g/mol. The summed E-state index contributed by atoms with van der Waals surface area (Å²) in [6.45, 7) is -1.45. The molecule has 1 rings (SSSR count). The Kier molecular flexibility index (Phi) is 4.55. The summed E-state index contributed by atoms with van der Waals surface area (Å²) in [5.41, 5.74) is -0.0640. The number of carbonyl (C=O) groups is 1. The summed E-state index contributed by atoms with van der Waals surface area (Å²) in [4.78, 5) is 11.5. The Hall–Kier alpha value is -1.76. The van der Waals surface area contributed by atoms with Gasteiger partial charge in [-0.25, -0.2) is 0 Å². The molecular formula is C10H8ClF3N2O2. The van der Waals surface area contributed by atoms with E-state index in [1.54, 1.807) is 5.32 Å². The number of rotatable bonds is 3. The van der Waals surface area contributed by atoms with Crippen LogP contribution in [0.25, 0.3) is 0 Å². The first kappa shape index (κ1) is 14.3. The second-order valence-corrected chi connectivity index (χ2v) is 3.65. The SMILES string of the molecule is O=C(NCC(F)(F)F)c1cccc(Cl)c1C=NO. The Balaban J connectivity index is 2.95. The molecule has 0 unspecified atom stereocenters. The van der Waals surface area contributed by atoms with E-state index in [0.29, 0.717) is 0 Å². The van der Waals surface area contributed by atoms with Crippen molar-refractivity contribution < 1.29 is 23.2 Å². The predicted octanol–water partition coefficient (Wildman–Crippen LogP) is 2.44. The number of benzene rings is 1. The lowest BCUT2D eigenvalue weighted by Gasteiger charge is -2.10. The number of carbonyl (C=O) groups excluding carboxylic acids is 1. The standard InChI is InChI=1S/C10H8ClF3N2O2/c11-8-3-1-2-6(7(8)4-16-18)9(17)15-5-10(12,13)14/h1-4,18H,5H2,(H,15,17). The van der Waals surface area contributed by atoms with Gasteiger partial charge in [-0.15, -0.1) is 0 Å². The van der Waals surface area contributed by atoms with E-state index in [2.05, 4.69) is 5.16 Å². The Morgan fingerprint density at radius 1 is 1.50 bits per heavy atom. The summed E-state index contributed by atoms with van der Waals surface area (Å²) in [6.07, 6.45) is -3.62. The van der Waals surface area contributed by atoms with Gasteiger partial charge >= 0.3 is 6.18 Å². The van der Waals surface area contributed by atoms with Crippen molar-refractivity contribution in [3.05, 3.63) is 34.3 Å². The largest absolute Gasteiger partial charge is 0.411 e. The number of halogens is 4. The lowest BCUT2D eigenvalue weighted by Crippen LogP contribution is -2.34. The highest BCUT2D eigenvalue weighted by molar-refractivity contribution is 6.34. The maximum atomic E-state index is 12.0. The molecule has 1 aromatic rings. The molecule has 0 aromatic heterocycles. The zero-order valence-corrected chi connectivity index (χ0v) is 9.59. The summed E-state index contributed by atoms with van der Waals surface area (Å²) < 4.78 is 35.9. The van der Waals surface area contributed by atoms with Crippen molar-refractivity contribution in [3.8, 4) is 0 Å². The Morgan fingerprint density at radius 3 is 2.72 bits per heavy atom. The van der Waals surface area contributed by atoms with Gasteiger partial charge in [-0.1, -0.05) is 22.8 Å². The molecule has 0 aliphatic carbocycles. The molecule has 18 heavy (non-hydrogen) atoms. The van der Waals surface area contributed by atoms with Crippen molar-refractivity contribution in [1.82, 2.24) is 5.32 Å². The predicted molar refractivity (Wildman–Crippen MR) is 59.2 cm³/mol. The second-order valence-electron chi connectivity index (χ2n) is 3.24. The molecule has 0 spiro atoms. The average Bonchev–Trinajstić information content (AvgIpc) is 2.28. The van der Waals surface area contributed by atoms with Crippen molar-refractivity contribution in [2.75, 3.05) is 6.54 Å². The number of nitrogens with one attached hydrogen (secondary N) is 1. The molecule has 2 N–H and O–H groups in total. The van der Waals surface area contributed by atoms with E-state index < -0.39 is 18.6 Å². The molecule has 0 saturated heterocycles. The third-order valence-electron chi connectivity index (χ3n) is 1.93. The van der Waals surface area contributed by atoms with Crippen LogP contribution in [0.15, 0.2) is 23.4 Å². The van der Waals surface area contributed by atoms with Gasteiger partial charge in [0.1, 0.15) is 6.54 Å². The van der Waals surface area contributed by atoms with Gasteiger partial charge in [0.15, 0.2) is 0 Å². The lowest BCUT2D eigenvalue weighted by atomic mass is 10.1. The summed E-state index contributed by atoms with van der Waals surface area (Å²) in [5.74, 6) is -0.954. The molecule has 1 aromatic carbocycles. The molecule has 0 bridgehead atoms. The second kappa shape index (κ2) is 5.72. The molecule has 8 heteroatoms. The third-order valence-corrected chi connectivity index (χ3v) is 2.26. The van der Waals surface area contributed by atoms with E-state index in [9.17, 15) is 18.0 Å². The fraction of sp³-hybridized carbons (Fsp3) is 0.200. The molecule has 0 aliphatic heterocycles. The molecule has 4 nitrogen and oxygen atoms in total. The maximum absolute atomic E-state index is 12.0. The van der Waals surface area contributed by atoms with E-state index in [0.717, 1.165) is 6.21 Å². The number of oxime groups is 1. The van der Waals surface area contributed by atoms with Gasteiger partial charge < -0.3 is 10.5 Å². The number of amides is 1. The van der Waals surface area contributed by atoms with Gasteiger partial charge in [0.05, 0.1) is 11.2 Å². The van der Waals surface area contributed by atoms with Crippen molar-refractivity contribution in [1.29, 1.82) is 0 Å². The van der Waals surface area contributed by atoms with Crippen LogP contribution in [0, 0.1) is 0 Å². The quantitative estimate of drug-likeness (QED) is 0.507. The van der Waals surface area contributed by atoms with Crippen LogP contribution in [0.3, 0.4) is 0 Å². The molecule has 0 atom stereocenters. The number of hydrogen-bond donors (Lipinski definition) is 2. The van der Waals surface area contributed by atoms with Crippen LogP contribution in [-0.2, 0) is 0 Å². The fourth-order valence-electron chi connectivity index (χ4n) is 1.20. The monoisotopic (exact) mass is 280 g/mol. The summed E-state index contributed by atoms with van der Waals surface area (Å²) >= 11 is 5.74. The van der Waals surface area contributed by atoms with Gasteiger partial charge in [-0.2, -0.15) is 13.2 Å². The molecule has 0 heterocycles. The molecule has 0 aliphatic rings. The molecule has 1 amide bonds. The Morgan fingerprint density at radius 2 is 2.17 bits per heavy atom. The van der Waals surface area contributed by atoms with E-state index in [1.807, 2.05) is 0 Å². The lowest BCUT2D eigenvalue weighted by molar-refractivity contribution is -0.123. The summed E-state index contributed by atoms with van der Waals surface area (Å²) in [5, 5.41) is 12.9. The average molecular weight is 281 g/mol. The Bertz CT molecular complexity index is 475. The highest BCUT2D eigenvalue weighted by Gasteiger charge is 2.28. The smallest absolute Gasteiger partial charge is 0.405 e. The van der Waals surface area contributed by atoms with Gasteiger partial charge in [0.2, 0.25) is 0 Å².